The molecular weight excluding hydrogens is 472 g/mol. The van der Waals surface area contributed by atoms with E-state index in [1.165, 1.54) is 26.0 Å². The van der Waals surface area contributed by atoms with Crippen LogP contribution in [0.5, 0.6) is 5.75 Å². The second-order valence-corrected chi connectivity index (χ2v) is 8.85. The number of phenols is 1. The van der Waals surface area contributed by atoms with Gasteiger partial charge in [-0.1, -0.05) is 26.0 Å². The van der Waals surface area contributed by atoms with Crippen LogP contribution in [0.1, 0.15) is 46.6 Å². The summed E-state index contributed by atoms with van der Waals surface area (Å²) >= 11 is 0. The van der Waals surface area contributed by atoms with Crippen LogP contribution in [0, 0.1) is 5.92 Å². The highest BCUT2D eigenvalue weighted by molar-refractivity contribution is 5.96. The van der Waals surface area contributed by atoms with Crippen LogP contribution in [0.4, 0.5) is 0 Å². The van der Waals surface area contributed by atoms with Crippen LogP contribution in [-0.2, 0) is 35.2 Å². The minimum Gasteiger partial charge on any atom is -0.508 e. The van der Waals surface area contributed by atoms with Gasteiger partial charge in [-0.25, -0.2) is 0 Å². The van der Waals surface area contributed by atoms with Gasteiger partial charge in [0.1, 0.15) is 23.9 Å². The lowest BCUT2D eigenvalue weighted by Crippen LogP contribution is -2.58. The quantitative estimate of drug-likeness (QED) is 0.209. The van der Waals surface area contributed by atoms with Gasteiger partial charge in [0.15, 0.2) is 5.78 Å². The molecule has 0 aromatic heterocycles. The lowest BCUT2D eigenvalue weighted by molar-refractivity contribution is -0.140. The zero-order valence-electron chi connectivity index (χ0n) is 21.0. The summed E-state index contributed by atoms with van der Waals surface area (Å²) in [5.74, 6) is -4.68. The normalized spacial score (nSPS) is 14.1. The molecule has 0 aliphatic heterocycles. The lowest BCUT2D eigenvalue weighted by atomic mass is 10.0. The Bertz CT molecular complexity index is 977. The number of carboxylic acid groups (broad SMARTS) is 1. The average molecular weight is 507 g/mol. The van der Waals surface area contributed by atoms with Crippen molar-refractivity contribution in [2.45, 2.75) is 71.6 Å². The lowest BCUT2D eigenvalue weighted by Gasteiger charge is -2.26. The molecule has 36 heavy (non-hydrogen) atoms. The number of carbonyl (C=O) groups is 6. The Labute approximate surface area is 209 Å². The Morgan fingerprint density at radius 1 is 0.778 bits per heavy atom. The molecule has 1 aromatic rings. The molecule has 12 nitrogen and oxygen atoms in total. The van der Waals surface area contributed by atoms with Gasteiger partial charge in [-0.2, -0.15) is 0 Å². The predicted molar refractivity (Wildman–Crippen MR) is 129 cm³/mol. The van der Waals surface area contributed by atoms with E-state index in [0.717, 1.165) is 6.92 Å². The molecule has 0 heterocycles. The van der Waals surface area contributed by atoms with Gasteiger partial charge < -0.3 is 31.5 Å². The molecule has 0 radical (unpaired) electrons. The molecule has 4 amide bonds. The van der Waals surface area contributed by atoms with Crippen molar-refractivity contribution in [1.82, 2.24) is 21.3 Å². The molecule has 0 bridgehead atoms. The summed E-state index contributed by atoms with van der Waals surface area (Å²) in [6, 6.07) is 1.65. The third-order valence-corrected chi connectivity index (χ3v) is 5.26. The number of amides is 4. The molecule has 0 aliphatic carbocycles. The number of aliphatic carboxylic acids is 1. The smallest absolute Gasteiger partial charge is 0.305 e. The van der Waals surface area contributed by atoms with Crippen molar-refractivity contribution in [1.29, 1.82) is 0 Å². The summed E-state index contributed by atoms with van der Waals surface area (Å²) in [5, 5.41) is 28.3. The highest BCUT2D eigenvalue weighted by Gasteiger charge is 2.31. The van der Waals surface area contributed by atoms with E-state index in [-0.39, 0.29) is 12.2 Å². The molecule has 4 atom stereocenters. The van der Waals surface area contributed by atoms with Crippen molar-refractivity contribution < 1.29 is 39.0 Å². The average Bonchev–Trinajstić information content (AvgIpc) is 2.76. The number of ketones is 1. The van der Waals surface area contributed by atoms with Gasteiger partial charge in [0.2, 0.25) is 23.6 Å². The summed E-state index contributed by atoms with van der Waals surface area (Å²) in [5.41, 5.74) is 0.666. The molecule has 12 heteroatoms. The van der Waals surface area contributed by atoms with Gasteiger partial charge in [-0.3, -0.25) is 28.8 Å². The number of nitrogens with one attached hydrogen (secondary N) is 4. The Hall–Kier alpha value is -3.96. The van der Waals surface area contributed by atoms with Crippen LogP contribution in [0.3, 0.4) is 0 Å². The van der Waals surface area contributed by atoms with E-state index in [1.54, 1.807) is 26.0 Å². The van der Waals surface area contributed by atoms with Crippen molar-refractivity contribution in [3.05, 3.63) is 29.8 Å². The van der Waals surface area contributed by atoms with Gasteiger partial charge in [-0.15, -0.1) is 0 Å². The Morgan fingerprint density at radius 2 is 1.36 bits per heavy atom. The van der Waals surface area contributed by atoms with Gasteiger partial charge in [0.25, 0.3) is 0 Å². The summed E-state index contributed by atoms with van der Waals surface area (Å²) in [7, 11) is 0. The minimum atomic E-state index is -1.27. The van der Waals surface area contributed by atoms with Gasteiger partial charge in [-0.05, 0) is 37.5 Å². The van der Waals surface area contributed by atoms with E-state index < -0.39 is 71.9 Å². The molecule has 1 rings (SSSR count). The standard InChI is InChI=1S/C24H34N4O8/c1-12(2)21(24(36)25-13(3)22(34)27-18(14(4)29)11-20(32)33)28-23(35)19(26-15(5)30)10-16-6-8-17(31)9-7-16/h6-9,12-13,18-19,21,31H,10-11H2,1-5H3,(H,25,36)(H,26,30)(H,27,34)(H,28,35)(H,32,33)/t13-,18-,19-,21-/m0/s1. The van der Waals surface area contributed by atoms with Gasteiger partial charge >= 0.3 is 5.97 Å². The maximum atomic E-state index is 13.0. The molecule has 0 fully saturated rings. The first-order chi connectivity index (χ1) is 16.7. The van der Waals surface area contributed by atoms with Crippen LogP contribution in [0.15, 0.2) is 24.3 Å². The molecule has 0 saturated heterocycles. The molecule has 198 valence electrons. The first kappa shape index (κ1) is 30.1. The number of hydrogen-bond donors (Lipinski definition) is 6. The molecule has 0 aliphatic rings. The summed E-state index contributed by atoms with van der Waals surface area (Å²) < 4.78 is 0. The summed E-state index contributed by atoms with van der Waals surface area (Å²) in [4.78, 5) is 72.5. The number of hydrogen-bond acceptors (Lipinski definition) is 7. The number of Topliss-reactive ketones (excluding diaryl/α,β-unsaturated/α-hetero) is 1. The second kappa shape index (κ2) is 13.8. The molecule has 0 spiro atoms. The van der Waals surface area contributed by atoms with Crippen molar-refractivity contribution in [2.75, 3.05) is 0 Å². The van der Waals surface area contributed by atoms with Crippen LogP contribution in [0.2, 0.25) is 0 Å². The fourth-order valence-electron chi connectivity index (χ4n) is 3.25. The first-order valence-electron chi connectivity index (χ1n) is 11.4. The van der Waals surface area contributed by atoms with Crippen molar-refractivity contribution in [3.63, 3.8) is 0 Å². The fraction of sp³-hybridized carbons (Fsp3) is 0.500. The fourth-order valence-corrected chi connectivity index (χ4v) is 3.25. The number of rotatable bonds is 13. The molecular formula is C24H34N4O8. The van der Waals surface area contributed by atoms with E-state index in [1.807, 2.05) is 0 Å². The van der Waals surface area contributed by atoms with E-state index in [4.69, 9.17) is 5.11 Å². The minimum absolute atomic E-state index is 0.0477. The van der Waals surface area contributed by atoms with Crippen molar-refractivity contribution >= 4 is 35.4 Å². The summed E-state index contributed by atoms with van der Waals surface area (Å²) in [6.07, 6.45) is -0.495. The largest absolute Gasteiger partial charge is 0.508 e. The maximum Gasteiger partial charge on any atom is 0.305 e. The zero-order chi connectivity index (χ0) is 27.6. The summed E-state index contributed by atoms with van der Waals surface area (Å²) in [6.45, 7) is 7.12. The van der Waals surface area contributed by atoms with Gasteiger partial charge in [0.05, 0.1) is 12.5 Å². The second-order valence-electron chi connectivity index (χ2n) is 8.85. The SMILES string of the molecule is CC(=O)N[C@@H](Cc1ccc(O)cc1)C(=O)N[C@H](C(=O)N[C@@H](C)C(=O)N[C@@H](CC(=O)O)C(C)=O)C(C)C. The Morgan fingerprint density at radius 3 is 1.83 bits per heavy atom. The number of benzene rings is 1. The van der Waals surface area contributed by atoms with Crippen molar-refractivity contribution in [3.8, 4) is 5.75 Å². The zero-order valence-corrected chi connectivity index (χ0v) is 21.0. The molecule has 0 unspecified atom stereocenters. The van der Waals surface area contributed by atoms with Crippen LogP contribution < -0.4 is 21.3 Å². The number of carboxylic acids is 1. The highest BCUT2D eigenvalue weighted by Crippen LogP contribution is 2.12. The third kappa shape index (κ3) is 10.1. The third-order valence-electron chi connectivity index (χ3n) is 5.26. The van der Waals surface area contributed by atoms with Crippen molar-refractivity contribution in [2.24, 2.45) is 5.92 Å². The molecule has 6 N–H and O–H groups in total. The highest BCUT2D eigenvalue weighted by atomic mass is 16.4. The number of phenolic OH excluding ortho intramolecular Hbond substituents is 1. The molecule has 1 aromatic carbocycles. The van der Waals surface area contributed by atoms with Crippen LogP contribution >= 0.6 is 0 Å². The Kier molecular flexibility index (Phi) is 11.5. The number of carbonyl (C=O) groups excluding carboxylic acids is 5. The number of aromatic hydroxyl groups is 1. The van der Waals surface area contributed by atoms with E-state index in [9.17, 15) is 33.9 Å². The topological polar surface area (TPSA) is 191 Å². The van der Waals surface area contributed by atoms with E-state index in [0.29, 0.717) is 5.56 Å². The van der Waals surface area contributed by atoms with E-state index in [2.05, 4.69) is 21.3 Å². The Balaban J connectivity index is 2.91. The first-order valence-corrected chi connectivity index (χ1v) is 11.4. The van der Waals surface area contributed by atoms with E-state index >= 15 is 0 Å². The van der Waals surface area contributed by atoms with Crippen LogP contribution in [-0.4, -0.2) is 69.8 Å². The van der Waals surface area contributed by atoms with Crippen LogP contribution in [0.25, 0.3) is 0 Å². The predicted octanol–water partition coefficient (Wildman–Crippen LogP) is -0.367. The van der Waals surface area contributed by atoms with Gasteiger partial charge in [0, 0.05) is 13.3 Å². The monoisotopic (exact) mass is 506 g/mol. The maximum absolute atomic E-state index is 13.0. The molecule has 0 saturated carbocycles.